The predicted molar refractivity (Wildman–Crippen MR) is 126 cm³/mol. The Kier molecular flexibility index (Phi) is 6.74. The maximum Gasteiger partial charge on any atom is 0.294 e. The summed E-state index contributed by atoms with van der Waals surface area (Å²) >= 11 is 3.43. The number of fused-ring (bicyclic) bond motifs is 1. The highest BCUT2D eigenvalue weighted by atomic mass is 79.9. The number of hydrogen-bond acceptors (Lipinski definition) is 4. The van der Waals surface area contributed by atoms with E-state index in [9.17, 15) is 14.0 Å². The maximum atomic E-state index is 13.2. The maximum absolute atomic E-state index is 13.2. The van der Waals surface area contributed by atoms with E-state index in [0.29, 0.717) is 17.2 Å². The number of nitrogens with zero attached hydrogens (tertiary/aromatic N) is 1. The predicted octanol–water partition coefficient (Wildman–Crippen LogP) is 4.68. The third-order valence-electron chi connectivity index (χ3n) is 5.01. The largest absolute Gasteiger partial charge is 0.496 e. The molecular weight excluding hydrogens is 491 g/mol. The second kappa shape index (κ2) is 9.87. The summed E-state index contributed by atoms with van der Waals surface area (Å²) in [5, 5.41) is 2.77. The summed E-state index contributed by atoms with van der Waals surface area (Å²) < 4.78 is 24.9. The van der Waals surface area contributed by atoms with Crippen molar-refractivity contribution in [2.75, 3.05) is 18.6 Å². The lowest BCUT2D eigenvalue weighted by atomic mass is 10.1. The van der Waals surface area contributed by atoms with Gasteiger partial charge in [0.25, 0.3) is 5.91 Å². The van der Waals surface area contributed by atoms with Crippen molar-refractivity contribution >= 4 is 39.5 Å². The van der Waals surface area contributed by atoms with Gasteiger partial charge in [0.1, 0.15) is 18.1 Å². The molecule has 1 N–H and O–H groups in total. The lowest BCUT2D eigenvalue weighted by Gasteiger charge is -2.30. The second-order valence-corrected chi connectivity index (χ2v) is 8.12. The zero-order valence-electron chi connectivity index (χ0n) is 17.7. The fourth-order valence-corrected chi connectivity index (χ4v) is 3.90. The number of amides is 2. The molecule has 0 aliphatic carbocycles. The molecule has 0 saturated heterocycles. The van der Waals surface area contributed by atoms with Crippen molar-refractivity contribution in [1.82, 2.24) is 5.32 Å². The summed E-state index contributed by atoms with van der Waals surface area (Å²) in [6, 6.07) is 18.3. The molecule has 0 atom stereocenters. The van der Waals surface area contributed by atoms with Crippen molar-refractivity contribution in [2.45, 2.75) is 6.54 Å². The van der Waals surface area contributed by atoms with Crippen LogP contribution in [0.5, 0.6) is 11.5 Å². The zero-order chi connectivity index (χ0) is 23.4. The monoisotopic (exact) mass is 510 g/mol. The van der Waals surface area contributed by atoms with E-state index in [1.54, 1.807) is 61.7 Å². The smallest absolute Gasteiger partial charge is 0.294 e. The van der Waals surface area contributed by atoms with Gasteiger partial charge in [-0.15, -0.1) is 0 Å². The number of rotatable bonds is 6. The van der Waals surface area contributed by atoms with E-state index in [-0.39, 0.29) is 30.6 Å². The summed E-state index contributed by atoms with van der Waals surface area (Å²) in [6.45, 7) is 0.0336. The van der Waals surface area contributed by atoms with Gasteiger partial charge in [-0.2, -0.15) is 0 Å². The first-order valence-corrected chi connectivity index (χ1v) is 10.9. The number of ether oxygens (including phenoxy) is 2. The second-order valence-electron chi connectivity index (χ2n) is 7.27. The Morgan fingerprint density at radius 1 is 1.15 bits per heavy atom. The Morgan fingerprint density at radius 3 is 2.64 bits per heavy atom. The Morgan fingerprint density at radius 2 is 1.91 bits per heavy atom. The number of methoxy groups -OCH3 is 1. The van der Waals surface area contributed by atoms with Crippen LogP contribution in [0.2, 0.25) is 0 Å². The van der Waals surface area contributed by atoms with Crippen LogP contribution in [0, 0.1) is 5.82 Å². The van der Waals surface area contributed by atoms with Crippen LogP contribution in [0.25, 0.3) is 6.08 Å². The SMILES string of the molecule is COc1ccc(C=C2Oc3ccccc3N(CC(=O)NCc3ccc(F)cc3)C2=O)cc1Br. The van der Waals surface area contributed by atoms with Crippen LogP contribution in [-0.4, -0.2) is 25.5 Å². The number of benzene rings is 3. The van der Waals surface area contributed by atoms with Gasteiger partial charge in [0.2, 0.25) is 5.91 Å². The van der Waals surface area contributed by atoms with Crippen LogP contribution in [-0.2, 0) is 16.1 Å². The van der Waals surface area contributed by atoms with Gasteiger partial charge < -0.3 is 14.8 Å². The highest BCUT2D eigenvalue weighted by molar-refractivity contribution is 9.10. The molecule has 33 heavy (non-hydrogen) atoms. The van der Waals surface area contributed by atoms with E-state index >= 15 is 0 Å². The summed E-state index contributed by atoms with van der Waals surface area (Å²) in [7, 11) is 1.57. The molecule has 0 fully saturated rings. The third kappa shape index (κ3) is 5.23. The molecule has 3 aromatic rings. The van der Waals surface area contributed by atoms with Gasteiger partial charge in [0.15, 0.2) is 11.5 Å². The van der Waals surface area contributed by atoms with Crippen LogP contribution >= 0.6 is 15.9 Å². The quantitative estimate of drug-likeness (QED) is 0.489. The van der Waals surface area contributed by atoms with Crippen molar-refractivity contribution in [2.24, 2.45) is 0 Å². The molecule has 3 aromatic carbocycles. The van der Waals surface area contributed by atoms with Gasteiger partial charge >= 0.3 is 0 Å². The molecule has 0 saturated carbocycles. The number of para-hydroxylation sites is 2. The molecular formula is C25H20BrFN2O4. The highest BCUT2D eigenvalue weighted by Crippen LogP contribution is 2.36. The first kappa shape index (κ1) is 22.5. The minimum Gasteiger partial charge on any atom is -0.496 e. The van der Waals surface area contributed by atoms with Crippen LogP contribution in [0.3, 0.4) is 0 Å². The summed E-state index contributed by atoms with van der Waals surface area (Å²) in [6.07, 6.45) is 1.62. The van der Waals surface area contributed by atoms with Crippen LogP contribution in [0.1, 0.15) is 11.1 Å². The van der Waals surface area contributed by atoms with Gasteiger partial charge in [-0.25, -0.2) is 4.39 Å². The normalized spacial score (nSPS) is 14.0. The molecule has 168 valence electrons. The van der Waals surface area contributed by atoms with E-state index in [2.05, 4.69) is 21.2 Å². The summed E-state index contributed by atoms with van der Waals surface area (Å²) in [5.74, 6) is 0.106. The van der Waals surface area contributed by atoms with Gasteiger partial charge in [-0.1, -0.05) is 30.3 Å². The molecule has 2 amide bonds. The minimum absolute atomic E-state index is 0.0945. The standard InChI is InChI=1S/C25H20BrFN2O4/c1-32-21-11-8-17(12-19(21)26)13-23-25(31)29(20-4-2-3-5-22(20)33-23)15-24(30)28-14-16-6-9-18(27)10-7-16/h2-13H,14-15H2,1H3,(H,28,30). The highest BCUT2D eigenvalue weighted by Gasteiger charge is 2.31. The van der Waals surface area contributed by atoms with E-state index < -0.39 is 5.91 Å². The van der Waals surface area contributed by atoms with E-state index in [1.807, 2.05) is 6.07 Å². The third-order valence-corrected chi connectivity index (χ3v) is 5.63. The van der Waals surface area contributed by atoms with E-state index in [1.165, 1.54) is 17.0 Å². The first-order chi connectivity index (χ1) is 15.9. The molecule has 0 spiro atoms. The lowest BCUT2D eigenvalue weighted by Crippen LogP contribution is -2.44. The molecule has 0 aromatic heterocycles. The molecule has 0 unspecified atom stereocenters. The topological polar surface area (TPSA) is 67.9 Å². The van der Waals surface area contributed by atoms with Gasteiger partial charge in [-0.3, -0.25) is 14.5 Å². The van der Waals surface area contributed by atoms with E-state index in [4.69, 9.17) is 9.47 Å². The van der Waals surface area contributed by atoms with Crippen LogP contribution in [0.15, 0.2) is 77.0 Å². The van der Waals surface area contributed by atoms with Crippen molar-refractivity contribution in [1.29, 1.82) is 0 Å². The number of carbonyl (C=O) groups excluding carboxylic acids is 2. The Balaban J connectivity index is 1.55. The Labute approximate surface area is 198 Å². The number of halogens is 2. The molecule has 6 nitrogen and oxygen atoms in total. The van der Waals surface area contributed by atoms with Gasteiger partial charge in [-0.05, 0) is 69.5 Å². The number of hydrogen-bond donors (Lipinski definition) is 1. The fraction of sp³-hybridized carbons (Fsp3) is 0.120. The number of carbonyl (C=O) groups is 2. The summed E-state index contributed by atoms with van der Waals surface area (Å²) in [5.41, 5.74) is 1.99. The van der Waals surface area contributed by atoms with Crippen molar-refractivity contribution in [3.8, 4) is 11.5 Å². The number of anilines is 1. The molecule has 0 radical (unpaired) electrons. The molecule has 1 heterocycles. The molecule has 8 heteroatoms. The zero-order valence-corrected chi connectivity index (χ0v) is 19.3. The van der Waals surface area contributed by atoms with Crippen LogP contribution in [0.4, 0.5) is 10.1 Å². The average Bonchev–Trinajstić information content (AvgIpc) is 2.81. The average molecular weight is 511 g/mol. The Bertz CT molecular complexity index is 1230. The minimum atomic E-state index is -0.433. The first-order valence-electron chi connectivity index (χ1n) is 10.1. The molecule has 1 aliphatic heterocycles. The fourth-order valence-electron chi connectivity index (χ4n) is 3.35. The van der Waals surface area contributed by atoms with Gasteiger partial charge in [0.05, 0.1) is 17.3 Å². The Hall–Kier alpha value is -3.65. The van der Waals surface area contributed by atoms with Crippen molar-refractivity contribution in [3.63, 3.8) is 0 Å². The van der Waals surface area contributed by atoms with Crippen molar-refractivity contribution in [3.05, 3.63) is 93.9 Å². The molecule has 1 aliphatic rings. The van der Waals surface area contributed by atoms with Gasteiger partial charge in [0, 0.05) is 6.54 Å². The molecule has 0 bridgehead atoms. The lowest BCUT2D eigenvalue weighted by molar-refractivity contribution is -0.123. The molecule has 4 rings (SSSR count). The van der Waals surface area contributed by atoms with Crippen LogP contribution < -0.4 is 19.7 Å². The van der Waals surface area contributed by atoms with E-state index in [0.717, 1.165) is 15.6 Å². The number of nitrogens with one attached hydrogen (secondary N) is 1. The summed E-state index contributed by atoms with van der Waals surface area (Å²) in [4.78, 5) is 27.2. The van der Waals surface area contributed by atoms with Crippen molar-refractivity contribution < 1.29 is 23.5 Å².